The lowest BCUT2D eigenvalue weighted by molar-refractivity contribution is -0.366. The maximum absolute atomic E-state index is 12.4. The van der Waals surface area contributed by atoms with Crippen molar-refractivity contribution in [1.29, 1.82) is 0 Å². The lowest BCUT2D eigenvalue weighted by Crippen LogP contribution is -2.56. The van der Waals surface area contributed by atoms with Crippen LogP contribution in [0.2, 0.25) is 0 Å². The SMILES string of the molecule is CC(/C=C\CC(O)(C(F)(F)F)C(F)(F)F)(C(F)(F)F)C(F)(F)F. The summed E-state index contributed by atoms with van der Waals surface area (Å²) in [5.41, 5.74) is -10.2. The summed E-state index contributed by atoms with van der Waals surface area (Å²) in [4.78, 5) is 0. The fraction of sp³-hybridized carbons (Fsp3) is 0.800. The normalized spacial score (nSPS) is 16.3. The second kappa shape index (κ2) is 5.74. The maximum atomic E-state index is 12.4. The zero-order chi connectivity index (χ0) is 19.1. The third-order valence-corrected chi connectivity index (χ3v) is 2.98. The minimum absolute atomic E-state index is 0.469. The van der Waals surface area contributed by atoms with Crippen LogP contribution in [0.3, 0.4) is 0 Å². The lowest BCUT2D eigenvalue weighted by Gasteiger charge is -2.33. The molecule has 0 aromatic heterocycles. The van der Waals surface area contributed by atoms with Crippen molar-refractivity contribution in [2.24, 2.45) is 5.41 Å². The number of hydrogen-bond acceptors (Lipinski definition) is 1. The molecule has 0 bridgehead atoms. The Balaban J connectivity index is 5.76. The topological polar surface area (TPSA) is 20.2 Å². The van der Waals surface area contributed by atoms with Gasteiger partial charge in [0.15, 0.2) is 5.41 Å². The molecule has 0 rings (SSSR count). The van der Waals surface area contributed by atoms with E-state index in [0.29, 0.717) is 0 Å². The van der Waals surface area contributed by atoms with Gasteiger partial charge in [0.05, 0.1) is 0 Å². The largest absolute Gasteiger partial charge is 0.426 e. The van der Waals surface area contributed by atoms with Crippen molar-refractivity contribution >= 4 is 0 Å². The van der Waals surface area contributed by atoms with Crippen LogP contribution >= 0.6 is 0 Å². The molecular formula is C10H8F12O. The van der Waals surface area contributed by atoms with Gasteiger partial charge in [-0.05, 0) is 6.92 Å². The molecule has 13 heteroatoms. The molecule has 0 amide bonds. The van der Waals surface area contributed by atoms with E-state index in [1.165, 1.54) is 0 Å². The van der Waals surface area contributed by atoms with E-state index in [1.54, 1.807) is 0 Å². The van der Waals surface area contributed by atoms with E-state index in [0.717, 1.165) is 0 Å². The summed E-state index contributed by atoms with van der Waals surface area (Å²) >= 11 is 0. The van der Waals surface area contributed by atoms with Gasteiger partial charge in [0.2, 0.25) is 0 Å². The number of allylic oxidation sites excluding steroid dienone is 1. The second-order valence-corrected chi connectivity index (χ2v) is 4.66. The smallest absolute Gasteiger partial charge is 0.373 e. The Hall–Kier alpha value is -1.14. The molecule has 138 valence electrons. The van der Waals surface area contributed by atoms with Gasteiger partial charge in [-0.2, -0.15) is 52.7 Å². The molecule has 0 aliphatic rings. The lowest BCUT2D eigenvalue weighted by atomic mass is 9.87. The second-order valence-electron chi connectivity index (χ2n) is 4.66. The Morgan fingerprint density at radius 2 is 0.957 bits per heavy atom. The zero-order valence-electron chi connectivity index (χ0n) is 10.8. The summed E-state index contributed by atoms with van der Waals surface area (Å²) in [5, 5.41) is 8.62. The minimum Gasteiger partial charge on any atom is -0.373 e. The first-order chi connectivity index (χ1) is 9.71. The van der Waals surface area contributed by atoms with Crippen molar-refractivity contribution < 1.29 is 57.8 Å². The van der Waals surface area contributed by atoms with Crippen LogP contribution in [0.25, 0.3) is 0 Å². The average Bonchev–Trinajstić information content (AvgIpc) is 2.22. The van der Waals surface area contributed by atoms with E-state index in [9.17, 15) is 52.7 Å². The molecule has 0 fully saturated rings. The number of rotatable bonds is 3. The Morgan fingerprint density at radius 1 is 0.652 bits per heavy atom. The van der Waals surface area contributed by atoms with E-state index >= 15 is 0 Å². The molecule has 0 radical (unpaired) electrons. The van der Waals surface area contributed by atoms with Crippen LogP contribution in [0.4, 0.5) is 52.7 Å². The van der Waals surface area contributed by atoms with Gasteiger partial charge in [-0.3, -0.25) is 0 Å². The van der Waals surface area contributed by atoms with E-state index in [2.05, 4.69) is 0 Å². The summed E-state index contributed by atoms with van der Waals surface area (Å²) in [5.74, 6) is 0. The third kappa shape index (κ3) is 4.04. The summed E-state index contributed by atoms with van der Waals surface area (Å²) < 4.78 is 148. The van der Waals surface area contributed by atoms with Crippen LogP contribution in [0, 0.1) is 5.41 Å². The monoisotopic (exact) mass is 372 g/mol. The van der Waals surface area contributed by atoms with Crippen molar-refractivity contribution in [2.75, 3.05) is 0 Å². The van der Waals surface area contributed by atoms with Crippen molar-refractivity contribution in [3.05, 3.63) is 12.2 Å². The highest BCUT2D eigenvalue weighted by Gasteiger charge is 2.70. The zero-order valence-corrected chi connectivity index (χ0v) is 10.8. The van der Waals surface area contributed by atoms with Crippen LogP contribution in [-0.4, -0.2) is 35.4 Å². The molecule has 23 heavy (non-hydrogen) atoms. The summed E-state index contributed by atoms with van der Waals surface area (Å²) in [7, 11) is 0. The van der Waals surface area contributed by atoms with E-state index in [-0.39, 0.29) is 0 Å². The fourth-order valence-electron chi connectivity index (χ4n) is 1.21. The molecule has 0 saturated carbocycles. The molecule has 0 unspecified atom stereocenters. The minimum atomic E-state index is -6.36. The number of alkyl halides is 12. The first-order valence-corrected chi connectivity index (χ1v) is 5.38. The standard InChI is InChI=1S/C10H8F12O/c1-5(7(11,12)13,8(14,15)16)3-2-4-6(23,9(17,18)19)10(20,21)22/h2-3,23H,4H2,1H3/b3-2-. The van der Waals surface area contributed by atoms with Crippen LogP contribution in [0.5, 0.6) is 0 Å². The number of aliphatic hydroxyl groups is 1. The Kier molecular flexibility index (Phi) is 5.46. The molecule has 0 spiro atoms. The summed E-state index contributed by atoms with van der Waals surface area (Å²) in [6.07, 6.45) is -28.9. The first kappa shape index (κ1) is 21.9. The highest BCUT2D eigenvalue weighted by Crippen LogP contribution is 2.52. The molecule has 0 aromatic carbocycles. The predicted molar refractivity (Wildman–Crippen MR) is 51.0 cm³/mol. The van der Waals surface area contributed by atoms with Gasteiger partial charge in [0.25, 0.3) is 5.60 Å². The fourth-order valence-corrected chi connectivity index (χ4v) is 1.21. The first-order valence-electron chi connectivity index (χ1n) is 5.38. The molecule has 0 aliphatic carbocycles. The van der Waals surface area contributed by atoms with Crippen LogP contribution in [0.15, 0.2) is 12.2 Å². The van der Waals surface area contributed by atoms with Gasteiger partial charge in [0, 0.05) is 6.42 Å². The van der Waals surface area contributed by atoms with Crippen LogP contribution < -0.4 is 0 Å². The molecule has 1 nitrogen and oxygen atoms in total. The van der Waals surface area contributed by atoms with Crippen molar-refractivity contribution in [2.45, 2.75) is 43.7 Å². The van der Waals surface area contributed by atoms with E-state index in [1.807, 2.05) is 0 Å². The van der Waals surface area contributed by atoms with Gasteiger partial charge >= 0.3 is 24.7 Å². The molecular weight excluding hydrogens is 364 g/mol. The number of hydrogen-bond donors (Lipinski definition) is 1. The van der Waals surface area contributed by atoms with Crippen molar-refractivity contribution in [1.82, 2.24) is 0 Å². The Labute approximate surface area is 120 Å². The summed E-state index contributed by atoms with van der Waals surface area (Å²) in [6, 6.07) is 0. The van der Waals surface area contributed by atoms with Crippen molar-refractivity contribution in [3.63, 3.8) is 0 Å². The highest BCUT2D eigenvalue weighted by molar-refractivity contribution is 5.09. The quantitative estimate of drug-likeness (QED) is 0.551. The molecule has 0 saturated heterocycles. The predicted octanol–water partition coefficient (Wildman–Crippen LogP) is 4.92. The van der Waals surface area contributed by atoms with Crippen LogP contribution in [0.1, 0.15) is 13.3 Å². The molecule has 0 aromatic rings. The Morgan fingerprint density at radius 3 is 1.17 bits per heavy atom. The van der Waals surface area contributed by atoms with Crippen molar-refractivity contribution in [3.8, 4) is 0 Å². The van der Waals surface area contributed by atoms with Gasteiger partial charge in [0.1, 0.15) is 0 Å². The van der Waals surface area contributed by atoms with Gasteiger partial charge in [-0.25, -0.2) is 0 Å². The maximum Gasteiger partial charge on any atom is 0.426 e. The Bertz CT molecular complexity index is 407. The van der Waals surface area contributed by atoms with E-state index < -0.39 is 61.2 Å². The summed E-state index contributed by atoms with van der Waals surface area (Å²) in [6.45, 7) is -0.469. The third-order valence-electron chi connectivity index (χ3n) is 2.98. The molecule has 0 atom stereocenters. The number of halogens is 12. The van der Waals surface area contributed by atoms with E-state index in [4.69, 9.17) is 5.11 Å². The van der Waals surface area contributed by atoms with Gasteiger partial charge in [-0.15, -0.1) is 0 Å². The molecule has 1 N–H and O–H groups in total. The highest BCUT2D eigenvalue weighted by atomic mass is 19.4. The van der Waals surface area contributed by atoms with Gasteiger partial charge in [-0.1, -0.05) is 12.2 Å². The molecule has 0 heterocycles. The molecule has 0 aliphatic heterocycles. The average molecular weight is 372 g/mol. The van der Waals surface area contributed by atoms with Gasteiger partial charge < -0.3 is 5.11 Å². The van der Waals surface area contributed by atoms with Crippen LogP contribution in [-0.2, 0) is 0 Å².